The van der Waals surface area contributed by atoms with Crippen LogP contribution in [0.15, 0.2) is 66.7 Å². The number of carbonyl (C=O) groups excluding carboxylic acids is 1. The Bertz CT molecular complexity index is 1180. The van der Waals surface area contributed by atoms with Crippen LogP contribution in [0.25, 0.3) is 22.2 Å². The molecule has 0 spiro atoms. The molecule has 0 saturated carbocycles. The summed E-state index contributed by atoms with van der Waals surface area (Å²) in [5, 5.41) is 9.45. The van der Waals surface area contributed by atoms with E-state index in [9.17, 15) is 4.79 Å². The number of anilines is 1. The second-order valence-corrected chi connectivity index (χ2v) is 7.69. The summed E-state index contributed by atoms with van der Waals surface area (Å²) in [6.45, 7) is 5.84. The first-order valence-electron chi connectivity index (χ1n) is 9.56. The zero-order valence-corrected chi connectivity index (χ0v) is 17.4. The standard InChI is InChI=1S/C24H22ClN3O/c1-15-8-7-9-16(2)22(15)26-24(29)17(3)28-21-13-12-19(25)14-20(21)23(27-28)18-10-5-4-6-11-18/h4-14,17H,1-3H3,(H,26,29)/t17-/m0/s1. The van der Waals surface area contributed by atoms with Gasteiger partial charge in [-0.25, -0.2) is 0 Å². The fourth-order valence-electron chi connectivity index (χ4n) is 3.57. The van der Waals surface area contributed by atoms with Gasteiger partial charge in [-0.3, -0.25) is 9.48 Å². The molecule has 29 heavy (non-hydrogen) atoms. The van der Waals surface area contributed by atoms with Crippen molar-refractivity contribution in [1.82, 2.24) is 9.78 Å². The maximum absolute atomic E-state index is 13.1. The van der Waals surface area contributed by atoms with Crippen molar-refractivity contribution in [3.8, 4) is 11.3 Å². The van der Waals surface area contributed by atoms with Gasteiger partial charge < -0.3 is 5.32 Å². The average Bonchev–Trinajstić information content (AvgIpc) is 3.09. The maximum atomic E-state index is 13.1. The van der Waals surface area contributed by atoms with Crippen molar-refractivity contribution >= 4 is 34.1 Å². The third-order valence-corrected chi connectivity index (χ3v) is 5.43. The van der Waals surface area contributed by atoms with Gasteiger partial charge in [-0.2, -0.15) is 5.10 Å². The van der Waals surface area contributed by atoms with Crippen molar-refractivity contribution in [3.05, 3.63) is 82.9 Å². The smallest absolute Gasteiger partial charge is 0.248 e. The zero-order chi connectivity index (χ0) is 20.5. The number of amides is 1. The predicted molar refractivity (Wildman–Crippen MR) is 119 cm³/mol. The average molecular weight is 404 g/mol. The summed E-state index contributed by atoms with van der Waals surface area (Å²) in [4.78, 5) is 13.1. The van der Waals surface area contributed by atoms with Crippen LogP contribution in [0.3, 0.4) is 0 Å². The third-order valence-electron chi connectivity index (χ3n) is 5.19. The molecule has 146 valence electrons. The van der Waals surface area contributed by atoms with Crippen LogP contribution in [-0.4, -0.2) is 15.7 Å². The molecule has 1 aromatic heterocycles. The van der Waals surface area contributed by atoms with Crippen LogP contribution in [-0.2, 0) is 4.79 Å². The summed E-state index contributed by atoms with van der Waals surface area (Å²) >= 11 is 6.26. The van der Waals surface area contributed by atoms with Crippen molar-refractivity contribution in [1.29, 1.82) is 0 Å². The first-order valence-corrected chi connectivity index (χ1v) is 9.94. The number of hydrogen-bond acceptors (Lipinski definition) is 2. The molecule has 4 aromatic rings. The second-order valence-electron chi connectivity index (χ2n) is 7.25. The molecule has 0 saturated heterocycles. The number of hydrogen-bond donors (Lipinski definition) is 1. The highest BCUT2D eigenvalue weighted by Gasteiger charge is 2.22. The minimum atomic E-state index is -0.491. The van der Waals surface area contributed by atoms with E-state index >= 15 is 0 Å². The highest BCUT2D eigenvalue weighted by molar-refractivity contribution is 6.31. The quantitative estimate of drug-likeness (QED) is 0.442. The molecule has 0 aliphatic heterocycles. The van der Waals surface area contributed by atoms with E-state index in [1.807, 2.05) is 87.5 Å². The molecule has 5 heteroatoms. The molecule has 0 fully saturated rings. The molecule has 3 aromatic carbocycles. The molecule has 0 aliphatic rings. The lowest BCUT2D eigenvalue weighted by Crippen LogP contribution is -2.25. The number of aromatic nitrogens is 2. The number of carbonyl (C=O) groups is 1. The van der Waals surface area contributed by atoms with Gasteiger partial charge in [0, 0.05) is 21.7 Å². The Morgan fingerprint density at radius 1 is 1.00 bits per heavy atom. The molecule has 0 bridgehead atoms. The highest BCUT2D eigenvalue weighted by atomic mass is 35.5. The number of aryl methyl sites for hydroxylation is 2. The maximum Gasteiger partial charge on any atom is 0.248 e. The van der Waals surface area contributed by atoms with Gasteiger partial charge in [0.15, 0.2) is 0 Å². The SMILES string of the molecule is Cc1cccc(C)c1NC(=O)[C@H](C)n1nc(-c2ccccc2)c2cc(Cl)ccc21. The topological polar surface area (TPSA) is 46.9 Å². The lowest BCUT2D eigenvalue weighted by Gasteiger charge is -2.16. The number of halogens is 1. The van der Waals surface area contributed by atoms with Crippen molar-refractivity contribution in [2.45, 2.75) is 26.8 Å². The first-order chi connectivity index (χ1) is 14.0. The summed E-state index contributed by atoms with van der Waals surface area (Å²) in [7, 11) is 0. The number of nitrogens with zero attached hydrogens (tertiary/aromatic N) is 2. The van der Waals surface area contributed by atoms with Crippen molar-refractivity contribution in [2.24, 2.45) is 0 Å². The van der Waals surface area contributed by atoms with Crippen LogP contribution in [0, 0.1) is 13.8 Å². The van der Waals surface area contributed by atoms with Crippen molar-refractivity contribution in [2.75, 3.05) is 5.32 Å². The van der Waals surface area contributed by atoms with Gasteiger partial charge in [0.1, 0.15) is 11.7 Å². The van der Waals surface area contributed by atoms with Gasteiger partial charge in [-0.05, 0) is 50.1 Å². The van der Waals surface area contributed by atoms with E-state index in [2.05, 4.69) is 5.32 Å². The second kappa shape index (κ2) is 7.72. The monoisotopic (exact) mass is 403 g/mol. The lowest BCUT2D eigenvalue weighted by atomic mass is 10.1. The Labute approximate surface area is 175 Å². The minimum Gasteiger partial charge on any atom is -0.324 e. The fraction of sp³-hybridized carbons (Fsp3) is 0.167. The highest BCUT2D eigenvalue weighted by Crippen LogP contribution is 2.32. The number of para-hydroxylation sites is 1. The van der Waals surface area contributed by atoms with Crippen LogP contribution < -0.4 is 5.32 Å². The first kappa shape index (κ1) is 19.2. The van der Waals surface area contributed by atoms with E-state index < -0.39 is 6.04 Å². The van der Waals surface area contributed by atoms with Gasteiger partial charge in [-0.1, -0.05) is 60.1 Å². The van der Waals surface area contributed by atoms with Crippen LogP contribution in [0.4, 0.5) is 5.69 Å². The number of fused-ring (bicyclic) bond motifs is 1. The van der Waals surface area contributed by atoms with E-state index in [4.69, 9.17) is 16.7 Å². The van der Waals surface area contributed by atoms with Gasteiger partial charge in [0.25, 0.3) is 0 Å². The van der Waals surface area contributed by atoms with E-state index in [1.165, 1.54) is 0 Å². The minimum absolute atomic E-state index is 0.110. The largest absolute Gasteiger partial charge is 0.324 e. The zero-order valence-electron chi connectivity index (χ0n) is 16.6. The molecule has 4 rings (SSSR count). The summed E-state index contributed by atoms with van der Waals surface area (Å²) in [5.41, 5.74) is 5.60. The Hall–Kier alpha value is -3.11. The van der Waals surface area contributed by atoms with E-state index in [0.717, 1.165) is 39.0 Å². The van der Waals surface area contributed by atoms with Crippen LogP contribution in [0.5, 0.6) is 0 Å². The number of rotatable bonds is 4. The molecule has 1 atom stereocenters. The van der Waals surface area contributed by atoms with E-state index in [0.29, 0.717) is 5.02 Å². The Morgan fingerprint density at radius 2 is 1.69 bits per heavy atom. The normalized spacial score (nSPS) is 12.1. The third kappa shape index (κ3) is 3.64. The molecule has 4 nitrogen and oxygen atoms in total. The molecule has 0 aliphatic carbocycles. The molecule has 1 heterocycles. The van der Waals surface area contributed by atoms with Crippen molar-refractivity contribution < 1.29 is 4.79 Å². The summed E-state index contributed by atoms with van der Waals surface area (Å²) < 4.78 is 1.77. The predicted octanol–water partition coefficient (Wildman–Crippen LogP) is 6.17. The Kier molecular flexibility index (Phi) is 5.12. The van der Waals surface area contributed by atoms with Crippen LogP contribution in [0.2, 0.25) is 5.02 Å². The molecule has 1 amide bonds. The summed E-state index contributed by atoms with van der Waals surface area (Å²) in [5.74, 6) is -0.110. The number of nitrogens with one attached hydrogen (secondary N) is 1. The van der Waals surface area contributed by atoms with E-state index in [-0.39, 0.29) is 5.91 Å². The molecular formula is C24H22ClN3O. The van der Waals surface area contributed by atoms with Crippen LogP contribution in [0.1, 0.15) is 24.1 Å². The van der Waals surface area contributed by atoms with Crippen LogP contribution >= 0.6 is 11.6 Å². The summed E-state index contributed by atoms with van der Waals surface area (Å²) in [6, 6.07) is 21.1. The van der Waals surface area contributed by atoms with Gasteiger partial charge >= 0.3 is 0 Å². The lowest BCUT2D eigenvalue weighted by molar-refractivity contribution is -0.119. The van der Waals surface area contributed by atoms with Crippen molar-refractivity contribution in [3.63, 3.8) is 0 Å². The molecule has 0 radical (unpaired) electrons. The Balaban J connectivity index is 1.76. The molecule has 0 unspecified atom stereocenters. The van der Waals surface area contributed by atoms with Gasteiger partial charge in [-0.15, -0.1) is 0 Å². The molecular weight excluding hydrogens is 382 g/mol. The number of benzene rings is 3. The fourth-order valence-corrected chi connectivity index (χ4v) is 3.74. The summed E-state index contributed by atoms with van der Waals surface area (Å²) in [6.07, 6.45) is 0. The molecule has 1 N–H and O–H groups in total. The van der Waals surface area contributed by atoms with Gasteiger partial charge in [0.2, 0.25) is 5.91 Å². The Morgan fingerprint density at radius 3 is 2.38 bits per heavy atom. The van der Waals surface area contributed by atoms with Gasteiger partial charge in [0.05, 0.1) is 5.52 Å². The van der Waals surface area contributed by atoms with E-state index in [1.54, 1.807) is 4.68 Å².